The molecule has 0 spiro atoms. The van der Waals surface area contributed by atoms with Gasteiger partial charge >= 0.3 is 0 Å². The largest absolute Gasteiger partial charge is 0.463 e. The van der Waals surface area contributed by atoms with Crippen molar-refractivity contribution in [1.29, 1.82) is 0 Å². The number of hydrogen-bond donors (Lipinski definition) is 0. The molecule has 0 unspecified atom stereocenters. The predicted octanol–water partition coefficient (Wildman–Crippen LogP) is 3.04. The van der Waals surface area contributed by atoms with E-state index in [-0.39, 0.29) is 0 Å². The van der Waals surface area contributed by atoms with Gasteiger partial charge in [0.15, 0.2) is 5.76 Å². The Hall–Kier alpha value is -1.51. The van der Waals surface area contributed by atoms with Gasteiger partial charge in [-0.3, -0.25) is 0 Å². The van der Waals surface area contributed by atoms with Crippen molar-refractivity contribution in [2.45, 2.75) is 32.2 Å². The maximum atomic E-state index is 5.36. The number of aryl methyl sites for hydroxylation is 1. The Balaban J connectivity index is 2.06. The van der Waals surface area contributed by atoms with Crippen LogP contribution in [0, 0.1) is 0 Å². The topological polar surface area (TPSA) is 31.0 Å². The first-order valence-corrected chi connectivity index (χ1v) is 5.46. The van der Waals surface area contributed by atoms with Crippen LogP contribution in [0.4, 0.5) is 0 Å². The highest BCUT2D eigenvalue weighted by molar-refractivity contribution is 5.51. The van der Waals surface area contributed by atoms with Gasteiger partial charge in [-0.25, -0.2) is 4.98 Å². The number of imidazole rings is 1. The van der Waals surface area contributed by atoms with Crippen molar-refractivity contribution in [2.24, 2.45) is 0 Å². The molecule has 0 bridgehead atoms. The Labute approximate surface area is 88.7 Å². The van der Waals surface area contributed by atoms with Gasteiger partial charge in [-0.05, 0) is 31.9 Å². The number of furan rings is 1. The van der Waals surface area contributed by atoms with Crippen LogP contribution in [0.2, 0.25) is 0 Å². The van der Waals surface area contributed by atoms with Gasteiger partial charge in [0.2, 0.25) is 0 Å². The predicted molar refractivity (Wildman–Crippen MR) is 57.6 cm³/mol. The van der Waals surface area contributed by atoms with Crippen LogP contribution in [0.15, 0.2) is 29.0 Å². The van der Waals surface area contributed by atoms with Gasteiger partial charge in [0, 0.05) is 18.7 Å². The molecule has 3 heteroatoms. The van der Waals surface area contributed by atoms with Crippen LogP contribution in [0.5, 0.6) is 0 Å². The second kappa shape index (κ2) is 3.26. The molecule has 0 aromatic carbocycles. The maximum Gasteiger partial charge on any atom is 0.153 e. The number of hydrogen-bond acceptors (Lipinski definition) is 2. The van der Waals surface area contributed by atoms with E-state index in [4.69, 9.17) is 4.42 Å². The van der Waals surface area contributed by atoms with Crippen LogP contribution in [0.1, 0.15) is 31.6 Å². The number of nitrogens with zero attached hydrogens (tertiary/aromatic N) is 2. The first-order valence-electron chi connectivity index (χ1n) is 5.46. The molecular weight excluding hydrogens is 188 g/mol. The smallest absolute Gasteiger partial charge is 0.153 e. The zero-order chi connectivity index (χ0) is 10.3. The van der Waals surface area contributed by atoms with Crippen LogP contribution in [0.25, 0.3) is 11.5 Å². The molecule has 1 aliphatic heterocycles. The summed E-state index contributed by atoms with van der Waals surface area (Å²) < 4.78 is 7.64. The minimum Gasteiger partial charge on any atom is -0.463 e. The quantitative estimate of drug-likeness (QED) is 0.711. The molecule has 3 heterocycles. The van der Waals surface area contributed by atoms with Crippen LogP contribution in [-0.4, -0.2) is 9.55 Å². The van der Waals surface area contributed by atoms with E-state index in [1.807, 2.05) is 12.1 Å². The lowest BCUT2D eigenvalue weighted by molar-refractivity contribution is 0.426. The summed E-state index contributed by atoms with van der Waals surface area (Å²) in [5.41, 5.74) is 0.962. The number of rotatable bonds is 1. The van der Waals surface area contributed by atoms with Gasteiger partial charge in [-0.1, -0.05) is 0 Å². The SMILES string of the molecule is C[C@@H]1CCCc2nc(-c3ccco3)cn21. The molecule has 0 saturated carbocycles. The Kier molecular flexibility index (Phi) is 1.91. The van der Waals surface area contributed by atoms with E-state index in [1.54, 1.807) is 6.26 Å². The van der Waals surface area contributed by atoms with Gasteiger partial charge in [0.25, 0.3) is 0 Å². The van der Waals surface area contributed by atoms with E-state index in [0.717, 1.165) is 17.9 Å². The fourth-order valence-corrected chi connectivity index (χ4v) is 2.24. The first-order chi connectivity index (χ1) is 7.34. The van der Waals surface area contributed by atoms with E-state index in [1.165, 1.54) is 18.7 Å². The lowest BCUT2D eigenvalue weighted by atomic mass is 10.1. The average Bonchev–Trinajstić information content (AvgIpc) is 2.86. The summed E-state index contributed by atoms with van der Waals surface area (Å²) in [6, 6.07) is 4.43. The second-order valence-electron chi connectivity index (χ2n) is 4.17. The van der Waals surface area contributed by atoms with E-state index in [2.05, 4.69) is 22.7 Å². The van der Waals surface area contributed by atoms with Gasteiger partial charge in [-0.15, -0.1) is 0 Å². The molecule has 0 amide bonds. The van der Waals surface area contributed by atoms with Crippen LogP contribution < -0.4 is 0 Å². The van der Waals surface area contributed by atoms with Crippen molar-refractivity contribution in [2.75, 3.05) is 0 Å². The summed E-state index contributed by atoms with van der Waals surface area (Å²) in [7, 11) is 0. The lowest BCUT2D eigenvalue weighted by Gasteiger charge is -2.20. The van der Waals surface area contributed by atoms with Gasteiger partial charge in [0.05, 0.1) is 6.26 Å². The summed E-state index contributed by atoms with van der Waals surface area (Å²) in [6.07, 6.45) is 7.39. The van der Waals surface area contributed by atoms with Crippen LogP contribution in [-0.2, 0) is 6.42 Å². The third kappa shape index (κ3) is 1.39. The zero-order valence-corrected chi connectivity index (χ0v) is 8.81. The summed E-state index contributed by atoms with van der Waals surface area (Å²) >= 11 is 0. The van der Waals surface area contributed by atoms with E-state index < -0.39 is 0 Å². The van der Waals surface area contributed by atoms with E-state index in [9.17, 15) is 0 Å². The Morgan fingerprint density at radius 1 is 1.53 bits per heavy atom. The van der Waals surface area contributed by atoms with Crippen molar-refractivity contribution < 1.29 is 4.42 Å². The highest BCUT2D eigenvalue weighted by atomic mass is 16.3. The standard InChI is InChI=1S/C12H14N2O/c1-9-4-2-6-12-13-10(8-14(9)12)11-5-3-7-15-11/h3,5,7-9H,2,4,6H2,1H3/t9-/m1/s1. The van der Waals surface area contributed by atoms with Crippen molar-refractivity contribution in [3.05, 3.63) is 30.4 Å². The van der Waals surface area contributed by atoms with E-state index in [0.29, 0.717) is 6.04 Å². The Morgan fingerprint density at radius 3 is 3.20 bits per heavy atom. The highest BCUT2D eigenvalue weighted by Crippen LogP contribution is 2.28. The molecule has 0 N–H and O–H groups in total. The van der Waals surface area contributed by atoms with E-state index >= 15 is 0 Å². The molecule has 0 fully saturated rings. The van der Waals surface area contributed by atoms with Crippen LogP contribution >= 0.6 is 0 Å². The molecular formula is C12H14N2O. The molecule has 2 aromatic heterocycles. The highest BCUT2D eigenvalue weighted by Gasteiger charge is 2.19. The summed E-state index contributed by atoms with van der Waals surface area (Å²) in [5.74, 6) is 2.06. The summed E-state index contributed by atoms with van der Waals surface area (Å²) in [6.45, 7) is 2.25. The van der Waals surface area contributed by atoms with Crippen molar-refractivity contribution in [3.8, 4) is 11.5 Å². The Bertz CT molecular complexity index is 456. The molecule has 2 aromatic rings. The van der Waals surface area contributed by atoms with Crippen molar-refractivity contribution in [3.63, 3.8) is 0 Å². The molecule has 15 heavy (non-hydrogen) atoms. The van der Waals surface area contributed by atoms with Crippen LogP contribution in [0.3, 0.4) is 0 Å². The average molecular weight is 202 g/mol. The first kappa shape index (κ1) is 8.77. The maximum absolute atomic E-state index is 5.36. The molecule has 0 saturated heterocycles. The van der Waals surface area contributed by atoms with Crippen molar-refractivity contribution >= 4 is 0 Å². The number of fused-ring (bicyclic) bond motifs is 1. The second-order valence-corrected chi connectivity index (χ2v) is 4.17. The molecule has 1 atom stereocenters. The zero-order valence-electron chi connectivity index (χ0n) is 8.81. The fraction of sp³-hybridized carbons (Fsp3) is 0.417. The monoisotopic (exact) mass is 202 g/mol. The summed E-state index contributed by atoms with van der Waals surface area (Å²) in [4.78, 5) is 4.61. The molecule has 78 valence electrons. The third-order valence-electron chi connectivity index (χ3n) is 3.08. The fourth-order valence-electron chi connectivity index (χ4n) is 2.24. The molecule has 3 rings (SSSR count). The molecule has 1 aliphatic rings. The van der Waals surface area contributed by atoms with Gasteiger partial charge in [-0.2, -0.15) is 0 Å². The molecule has 0 aliphatic carbocycles. The Morgan fingerprint density at radius 2 is 2.47 bits per heavy atom. The minimum absolute atomic E-state index is 0.574. The summed E-state index contributed by atoms with van der Waals surface area (Å²) in [5, 5.41) is 0. The minimum atomic E-state index is 0.574. The lowest BCUT2D eigenvalue weighted by Crippen LogP contribution is -2.14. The van der Waals surface area contributed by atoms with Gasteiger partial charge < -0.3 is 8.98 Å². The normalized spacial score (nSPS) is 20.2. The number of aromatic nitrogens is 2. The van der Waals surface area contributed by atoms with Gasteiger partial charge in [0.1, 0.15) is 11.5 Å². The molecule has 0 radical (unpaired) electrons. The third-order valence-corrected chi connectivity index (χ3v) is 3.08. The molecule has 3 nitrogen and oxygen atoms in total. The van der Waals surface area contributed by atoms with Crippen molar-refractivity contribution in [1.82, 2.24) is 9.55 Å².